The molecule has 0 unspecified atom stereocenters. The van der Waals surface area contributed by atoms with Gasteiger partial charge in [-0.3, -0.25) is 9.36 Å². The molecule has 0 radical (unpaired) electrons. The fourth-order valence-corrected chi connectivity index (χ4v) is 4.79. The van der Waals surface area contributed by atoms with E-state index in [4.69, 9.17) is 4.74 Å². The Bertz CT molecular complexity index is 1270. The molecule has 0 spiro atoms. The van der Waals surface area contributed by atoms with Crippen molar-refractivity contribution in [3.63, 3.8) is 0 Å². The van der Waals surface area contributed by atoms with Crippen LogP contribution in [0.2, 0.25) is 0 Å². The number of carbonyl (C=O) groups is 1. The highest BCUT2D eigenvalue weighted by Crippen LogP contribution is 2.21. The Morgan fingerprint density at radius 2 is 1.58 bits per heavy atom. The lowest BCUT2D eigenvalue weighted by Crippen LogP contribution is -2.50. The largest absolute Gasteiger partial charge is 0.497 e. The van der Waals surface area contributed by atoms with Gasteiger partial charge < -0.3 is 14.5 Å². The van der Waals surface area contributed by atoms with Gasteiger partial charge in [-0.15, -0.1) is 0 Å². The number of ether oxygens (including phenoxy) is 1. The van der Waals surface area contributed by atoms with E-state index in [9.17, 15) is 18.0 Å². The number of nitrogens with zero attached hydrogens (tertiary/aromatic N) is 4. The smallest absolute Gasteiger partial charge is 0.343 e. The van der Waals surface area contributed by atoms with Crippen molar-refractivity contribution in [1.82, 2.24) is 13.4 Å². The van der Waals surface area contributed by atoms with Gasteiger partial charge in [-0.2, -0.15) is 3.97 Å². The number of piperazine rings is 1. The molecule has 4 rings (SSSR count). The first kappa shape index (κ1) is 21.0. The molecule has 1 amide bonds. The summed E-state index contributed by atoms with van der Waals surface area (Å²) in [6, 6.07) is 14.3. The molecule has 0 saturated carbocycles. The summed E-state index contributed by atoms with van der Waals surface area (Å²) in [5.41, 5.74) is 1.02. The van der Waals surface area contributed by atoms with Gasteiger partial charge >= 0.3 is 5.69 Å². The molecule has 1 aromatic heterocycles. The van der Waals surface area contributed by atoms with Gasteiger partial charge in [-0.05, 0) is 36.4 Å². The SMILES string of the molecule is COc1ccc(N2CCN(C(=O)Cn3c(=O)n(S(C)(=O)=O)c4ccccc43)CC2)cc1. The number of hydrogen-bond acceptors (Lipinski definition) is 6. The van der Waals surface area contributed by atoms with E-state index < -0.39 is 15.7 Å². The maximum Gasteiger partial charge on any atom is 0.343 e. The molecule has 164 valence electrons. The van der Waals surface area contributed by atoms with Crippen LogP contribution in [0.5, 0.6) is 5.75 Å². The third-order valence-corrected chi connectivity index (χ3v) is 6.51. The van der Waals surface area contributed by atoms with Crippen LogP contribution < -0.4 is 15.3 Å². The summed E-state index contributed by atoms with van der Waals surface area (Å²) in [4.78, 5) is 29.6. The normalized spacial score (nSPS) is 14.8. The van der Waals surface area contributed by atoms with E-state index in [-0.39, 0.29) is 18.0 Å². The van der Waals surface area contributed by atoms with Gasteiger partial charge in [-0.25, -0.2) is 13.2 Å². The van der Waals surface area contributed by atoms with Crippen LogP contribution in [0.3, 0.4) is 0 Å². The third kappa shape index (κ3) is 4.02. The summed E-state index contributed by atoms with van der Waals surface area (Å²) < 4.78 is 31.4. The van der Waals surface area contributed by atoms with Crippen LogP contribution in [-0.2, 0) is 21.4 Å². The molecule has 0 aliphatic carbocycles. The van der Waals surface area contributed by atoms with Crippen LogP contribution in [0, 0.1) is 0 Å². The summed E-state index contributed by atoms with van der Waals surface area (Å²) >= 11 is 0. The fraction of sp³-hybridized carbons (Fsp3) is 0.333. The highest BCUT2D eigenvalue weighted by molar-refractivity contribution is 7.89. The Hall–Kier alpha value is -3.27. The van der Waals surface area contributed by atoms with Crippen molar-refractivity contribution in [3.05, 3.63) is 59.0 Å². The average Bonchev–Trinajstić information content (AvgIpc) is 3.05. The summed E-state index contributed by atoms with van der Waals surface area (Å²) in [6.07, 6.45) is 0.978. The molecule has 1 saturated heterocycles. The van der Waals surface area contributed by atoms with Gasteiger partial charge in [0.25, 0.3) is 0 Å². The van der Waals surface area contributed by atoms with E-state index in [0.717, 1.165) is 21.7 Å². The molecule has 9 nitrogen and oxygen atoms in total. The van der Waals surface area contributed by atoms with Crippen molar-refractivity contribution in [2.45, 2.75) is 6.54 Å². The lowest BCUT2D eigenvalue weighted by molar-refractivity contribution is -0.132. The number of fused-ring (bicyclic) bond motifs is 1. The van der Waals surface area contributed by atoms with Crippen molar-refractivity contribution in [2.24, 2.45) is 0 Å². The minimum Gasteiger partial charge on any atom is -0.497 e. The summed E-state index contributed by atoms with van der Waals surface area (Å²) in [7, 11) is -2.18. The number of anilines is 1. The molecule has 0 bridgehead atoms. The second-order valence-corrected chi connectivity index (χ2v) is 9.28. The second kappa shape index (κ2) is 8.10. The number of carbonyl (C=O) groups excluding carboxylic acids is 1. The molecule has 1 aliphatic rings. The van der Waals surface area contributed by atoms with Gasteiger partial charge in [0.1, 0.15) is 12.3 Å². The number of benzene rings is 2. The molecule has 1 aliphatic heterocycles. The van der Waals surface area contributed by atoms with Crippen molar-refractivity contribution in [2.75, 3.05) is 44.4 Å². The first-order chi connectivity index (χ1) is 14.8. The van der Waals surface area contributed by atoms with Crippen LogP contribution in [-0.4, -0.2) is 67.3 Å². The van der Waals surface area contributed by atoms with E-state index in [2.05, 4.69) is 4.90 Å². The van der Waals surface area contributed by atoms with E-state index in [0.29, 0.717) is 31.7 Å². The predicted octanol–water partition coefficient (Wildman–Crippen LogP) is 0.968. The van der Waals surface area contributed by atoms with Gasteiger partial charge in [0, 0.05) is 31.9 Å². The second-order valence-electron chi connectivity index (χ2n) is 7.45. The molecule has 2 aromatic carbocycles. The minimum atomic E-state index is -3.80. The van der Waals surface area contributed by atoms with Crippen LogP contribution in [0.4, 0.5) is 5.69 Å². The minimum absolute atomic E-state index is 0.204. The quantitative estimate of drug-likeness (QED) is 0.582. The molecule has 0 atom stereocenters. The number of methoxy groups -OCH3 is 1. The van der Waals surface area contributed by atoms with Crippen molar-refractivity contribution in [3.8, 4) is 5.75 Å². The van der Waals surface area contributed by atoms with E-state index in [1.165, 1.54) is 4.57 Å². The zero-order chi connectivity index (χ0) is 22.2. The van der Waals surface area contributed by atoms with Gasteiger partial charge in [0.15, 0.2) is 0 Å². The Morgan fingerprint density at radius 3 is 2.16 bits per heavy atom. The topological polar surface area (TPSA) is 93.8 Å². The monoisotopic (exact) mass is 444 g/mol. The summed E-state index contributed by atoms with van der Waals surface area (Å²) in [5, 5.41) is 0. The number of amides is 1. The van der Waals surface area contributed by atoms with Gasteiger partial charge in [0.2, 0.25) is 15.9 Å². The fourth-order valence-electron chi connectivity index (χ4n) is 3.90. The molecular formula is C21H24N4O5S. The number of imidazole rings is 1. The predicted molar refractivity (Wildman–Crippen MR) is 118 cm³/mol. The van der Waals surface area contributed by atoms with Crippen LogP contribution >= 0.6 is 0 Å². The summed E-state index contributed by atoms with van der Waals surface area (Å²) in [6.45, 7) is 2.16. The first-order valence-corrected chi connectivity index (χ1v) is 11.7. The molecule has 31 heavy (non-hydrogen) atoms. The van der Waals surface area contributed by atoms with E-state index >= 15 is 0 Å². The highest BCUT2D eigenvalue weighted by atomic mass is 32.2. The Kier molecular flexibility index (Phi) is 5.48. The highest BCUT2D eigenvalue weighted by Gasteiger charge is 2.25. The summed E-state index contributed by atoms with van der Waals surface area (Å²) in [5.74, 6) is 0.573. The van der Waals surface area contributed by atoms with Gasteiger partial charge in [0.05, 0.1) is 24.4 Å². The van der Waals surface area contributed by atoms with Crippen LogP contribution in [0.1, 0.15) is 0 Å². The van der Waals surface area contributed by atoms with Crippen LogP contribution in [0.25, 0.3) is 11.0 Å². The number of hydrogen-bond donors (Lipinski definition) is 0. The van der Waals surface area contributed by atoms with Crippen molar-refractivity contribution in [1.29, 1.82) is 0 Å². The zero-order valence-electron chi connectivity index (χ0n) is 17.4. The van der Waals surface area contributed by atoms with E-state index in [1.807, 2.05) is 24.3 Å². The Balaban J connectivity index is 1.50. The number of aromatic nitrogens is 2. The van der Waals surface area contributed by atoms with Gasteiger partial charge in [-0.1, -0.05) is 12.1 Å². The maximum atomic E-state index is 12.9. The zero-order valence-corrected chi connectivity index (χ0v) is 18.2. The molecule has 0 N–H and O–H groups in total. The third-order valence-electron chi connectivity index (χ3n) is 5.49. The molecule has 10 heteroatoms. The average molecular weight is 445 g/mol. The standard InChI is InChI=1S/C21H24N4O5S/c1-30-17-9-7-16(8-10-17)22-11-13-23(14-12-22)20(26)15-24-18-5-3-4-6-19(18)25(21(24)27)31(2,28)29/h3-10H,11-15H2,1-2H3. The van der Waals surface area contributed by atoms with Crippen molar-refractivity contribution >= 4 is 32.7 Å². The van der Waals surface area contributed by atoms with Crippen LogP contribution in [0.15, 0.2) is 53.3 Å². The maximum absolute atomic E-state index is 12.9. The lowest BCUT2D eigenvalue weighted by atomic mass is 10.2. The lowest BCUT2D eigenvalue weighted by Gasteiger charge is -2.36. The number of rotatable bonds is 5. The Labute approximate surface area is 180 Å². The van der Waals surface area contributed by atoms with Crippen molar-refractivity contribution < 1.29 is 17.9 Å². The van der Waals surface area contributed by atoms with E-state index in [1.54, 1.807) is 36.3 Å². The Morgan fingerprint density at radius 1 is 0.968 bits per heavy atom. The first-order valence-electron chi connectivity index (χ1n) is 9.87. The molecular weight excluding hydrogens is 420 g/mol. The molecule has 3 aromatic rings. The number of para-hydroxylation sites is 2. The molecule has 1 fully saturated rings. The molecule has 2 heterocycles.